The molecule has 0 bridgehead atoms. The molecular formula is C21H17Cl2FN2O3S. The molecule has 0 fully saturated rings. The highest BCUT2D eigenvalue weighted by Gasteiger charge is 2.24. The molecule has 30 heavy (non-hydrogen) atoms. The molecule has 5 nitrogen and oxygen atoms in total. The van der Waals surface area contributed by atoms with Gasteiger partial charge in [0, 0.05) is 19.3 Å². The summed E-state index contributed by atoms with van der Waals surface area (Å²) >= 11 is 11.8. The van der Waals surface area contributed by atoms with Crippen molar-refractivity contribution in [2.24, 2.45) is 0 Å². The number of nitrogens with one attached hydrogen (secondary N) is 1. The third kappa shape index (κ3) is 4.99. The molecule has 156 valence electrons. The van der Waals surface area contributed by atoms with Crippen molar-refractivity contribution in [3.05, 3.63) is 93.7 Å². The maximum Gasteiger partial charge on any atom is 0.258 e. The summed E-state index contributed by atoms with van der Waals surface area (Å²) in [5, 5.41) is 3.00. The average molecular weight is 467 g/mol. The third-order valence-corrected chi connectivity index (χ3v) is 6.85. The van der Waals surface area contributed by atoms with E-state index in [1.807, 2.05) is 6.07 Å². The molecule has 3 aromatic rings. The largest absolute Gasteiger partial charge is 0.322 e. The number of sulfonamides is 1. The summed E-state index contributed by atoms with van der Waals surface area (Å²) < 4.78 is 41.2. The molecule has 0 aliphatic heterocycles. The summed E-state index contributed by atoms with van der Waals surface area (Å²) in [5.41, 5.74) is 0.682. The summed E-state index contributed by atoms with van der Waals surface area (Å²) in [7, 11) is -2.53. The summed E-state index contributed by atoms with van der Waals surface area (Å²) in [6.07, 6.45) is 0. The zero-order valence-corrected chi connectivity index (χ0v) is 18.1. The first-order chi connectivity index (χ1) is 14.2. The van der Waals surface area contributed by atoms with Crippen LogP contribution in [0.25, 0.3) is 0 Å². The highest BCUT2D eigenvalue weighted by molar-refractivity contribution is 7.89. The average Bonchev–Trinajstić information content (AvgIpc) is 2.71. The number of halogens is 3. The van der Waals surface area contributed by atoms with Gasteiger partial charge in [-0.05, 0) is 42.0 Å². The molecule has 0 aliphatic rings. The van der Waals surface area contributed by atoms with Gasteiger partial charge in [-0.15, -0.1) is 0 Å². The molecule has 0 saturated carbocycles. The van der Waals surface area contributed by atoms with Crippen LogP contribution in [0.1, 0.15) is 15.9 Å². The predicted molar refractivity (Wildman–Crippen MR) is 116 cm³/mol. The highest BCUT2D eigenvalue weighted by Crippen LogP contribution is 2.26. The van der Waals surface area contributed by atoms with Gasteiger partial charge in [-0.1, -0.05) is 53.5 Å². The Morgan fingerprint density at radius 2 is 1.70 bits per heavy atom. The van der Waals surface area contributed by atoms with E-state index in [2.05, 4.69) is 5.32 Å². The number of hydrogen-bond donors (Lipinski definition) is 1. The van der Waals surface area contributed by atoms with Crippen molar-refractivity contribution in [1.82, 2.24) is 4.31 Å². The Morgan fingerprint density at radius 3 is 2.37 bits per heavy atom. The Bertz CT molecular complexity index is 1190. The molecule has 0 aromatic heterocycles. The highest BCUT2D eigenvalue weighted by atomic mass is 35.5. The van der Waals surface area contributed by atoms with E-state index in [-0.39, 0.29) is 16.5 Å². The number of carbonyl (C=O) groups excluding carboxylic acids is 1. The number of hydrogen-bond acceptors (Lipinski definition) is 3. The summed E-state index contributed by atoms with van der Waals surface area (Å²) in [6, 6.07) is 16.5. The smallest absolute Gasteiger partial charge is 0.258 e. The fourth-order valence-electron chi connectivity index (χ4n) is 2.72. The van der Waals surface area contributed by atoms with Crippen LogP contribution in [0.2, 0.25) is 10.0 Å². The Balaban J connectivity index is 1.86. The topological polar surface area (TPSA) is 66.5 Å². The molecule has 0 saturated heterocycles. The van der Waals surface area contributed by atoms with Gasteiger partial charge in [-0.2, -0.15) is 4.31 Å². The second kappa shape index (κ2) is 9.14. The van der Waals surface area contributed by atoms with E-state index in [0.29, 0.717) is 10.7 Å². The van der Waals surface area contributed by atoms with Crippen molar-refractivity contribution in [3.63, 3.8) is 0 Å². The lowest BCUT2D eigenvalue weighted by atomic mass is 10.2. The zero-order chi connectivity index (χ0) is 21.9. The Labute approximate surface area is 184 Å². The molecule has 3 aromatic carbocycles. The van der Waals surface area contributed by atoms with Crippen LogP contribution in [-0.2, 0) is 16.6 Å². The van der Waals surface area contributed by atoms with Gasteiger partial charge in [0.25, 0.3) is 5.91 Å². The monoisotopic (exact) mass is 466 g/mol. The molecule has 1 amide bonds. The van der Waals surface area contributed by atoms with Crippen LogP contribution >= 0.6 is 23.2 Å². The molecule has 0 heterocycles. The van der Waals surface area contributed by atoms with Gasteiger partial charge in [0.2, 0.25) is 10.0 Å². The first-order valence-corrected chi connectivity index (χ1v) is 10.9. The van der Waals surface area contributed by atoms with Crippen molar-refractivity contribution < 1.29 is 17.6 Å². The predicted octanol–water partition coefficient (Wildman–Crippen LogP) is 5.21. The minimum atomic E-state index is -3.95. The standard InChI is InChI=1S/C21H17Cl2FN2O3S/c1-26(13-14-5-3-2-4-6-14)30(28,29)16-8-10-20(24)17(12-16)21(27)25-15-7-9-18(22)19(23)11-15/h2-12H,13H2,1H3,(H,25,27). The molecule has 3 rings (SSSR count). The van der Waals surface area contributed by atoms with Gasteiger partial charge in [0.1, 0.15) is 5.82 Å². The Morgan fingerprint density at radius 1 is 1.00 bits per heavy atom. The van der Waals surface area contributed by atoms with Crippen molar-refractivity contribution in [2.45, 2.75) is 11.4 Å². The van der Waals surface area contributed by atoms with Crippen LogP contribution in [0.15, 0.2) is 71.6 Å². The second-order valence-corrected chi connectivity index (χ2v) is 9.33. The van der Waals surface area contributed by atoms with E-state index in [0.717, 1.165) is 28.1 Å². The van der Waals surface area contributed by atoms with Crippen LogP contribution < -0.4 is 5.32 Å². The summed E-state index contributed by atoms with van der Waals surface area (Å²) in [5.74, 6) is -1.66. The van der Waals surface area contributed by atoms with Gasteiger partial charge >= 0.3 is 0 Å². The quantitative estimate of drug-likeness (QED) is 0.542. The van der Waals surface area contributed by atoms with E-state index in [9.17, 15) is 17.6 Å². The zero-order valence-electron chi connectivity index (χ0n) is 15.8. The summed E-state index contributed by atoms with van der Waals surface area (Å²) in [4.78, 5) is 12.3. The van der Waals surface area contributed by atoms with Crippen LogP contribution in [0.4, 0.5) is 10.1 Å². The van der Waals surface area contributed by atoms with E-state index < -0.39 is 27.3 Å². The SMILES string of the molecule is CN(Cc1ccccc1)S(=O)(=O)c1ccc(F)c(C(=O)Nc2ccc(Cl)c(Cl)c2)c1. The molecule has 0 radical (unpaired) electrons. The van der Waals surface area contributed by atoms with Gasteiger partial charge in [-0.25, -0.2) is 12.8 Å². The van der Waals surface area contributed by atoms with Gasteiger partial charge in [0.05, 0.1) is 20.5 Å². The number of benzene rings is 3. The lowest BCUT2D eigenvalue weighted by Gasteiger charge is -2.18. The number of rotatable bonds is 6. The van der Waals surface area contributed by atoms with Crippen molar-refractivity contribution in [3.8, 4) is 0 Å². The van der Waals surface area contributed by atoms with E-state index in [1.165, 1.54) is 25.2 Å². The molecule has 0 atom stereocenters. The maximum absolute atomic E-state index is 14.3. The van der Waals surface area contributed by atoms with Crippen LogP contribution in [0, 0.1) is 5.82 Å². The van der Waals surface area contributed by atoms with Gasteiger partial charge in [-0.3, -0.25) is 4.79 Å². The lowest BCUT2D eigenvalue weighted by molar-refractivity contribution is 0.102. The fourth-order valence-corrected chi connectivity index (χ4v) is 4.20. The normalized spacial score (nSPS) is 11.5. The summed E-state index contributed by atoms with van der Waals surface area (Å²) in [6.45, 7) is 0.130. The van der Waals surface area contributed by atoms with E-state index >= 15 is 0 Å². The van der Waals surface area contributed by atoms with Crippen molar-refractivity contribution in [1.29, 1.82) is 0 Å². The van der Waals surface area contributed by atoms with Gasteiger partial charge in [0.15, 0.2) is 0 Å². The molecule has 0 spiro atoms. The first kappa shape index (κ1) is 22.2. The molecule has 1 N–H and O–H groups in total. The van der Waals surface area contributed by atoms with Crippen LogP contribution in [0.3, 0.4) is 0 Å². The Hall–Kier alpha value is -2.45. The van der Waals surface area contributed by atoms with Crippen molar-refractivity contribution >= 4 is 44.8 Å². The van der Waals surface area contributed by atoms with Crippen LogP contribution in [-0.4, -0.2) is 25.7 Å². The number of amides is 1. The number of carbonyl (C=O) groups is 1. The Kier molecular flexibility index (Phi) is 6.77. The minimum absolute atomic E-state index is 0.130. The molecular weight excluding hydrogens is 450 g/mol. The van der Waals surface area contributed by atoms with E-state index in [4.69, 9.17) is 23.2 Å². The third-order valence-electron chi connectivity index (χ3n) is 4.32. The van der Waals surface area contributed by atoms with Gasteiger partial charge < -0.3 is 5.32 Å². The van der Waals surface area contributed by atoms with Crippen molar-refractivity contribution in [2.75, 3.05) is 12.4 Å². The lowest BCUT2D eigenvalue weighted by Crippen LogP contribution is -2.27. The molecule has 0 aliphatic carbocycles. The minimum Gasteiger partial charge on any atom is -0.322 e. The molecule has 9 heteroatoms. The molecule has 0 unspecified atom stereocenters. The number of nitrogens with zero attached hydrogens (tertiary/aromatic N) is 1. The number of anilines is 1. The fraction of sp³-hybridized carbons (Fsp3) is 0.0952. The first-order valence-electron chi connectivity index (χ1n) is 8.74. The van der Waals surface area contributed by atoms with E-state index in [1.54, 1.807) is 24.3 Å². The van der Waals surface area contributed by atoms with Crippen LogP contribution in [0.5, 0.6) is 0 Å². The second-order valence-electron chi connectivity index (χ2n) is 6.47. The maximum atomic E-state index is 14.3.